The number of benzene rings is 1. The summed E-state index contributed by atoms with van der Waals surface area (Å²) < 4.78 is 25.0. The Morgan fingerprint density at radius 1 is 1.19 bits per heavy atom. The number of H-pyrrole nitrogens is 1. The van der Waals surface area contributed by atoms with Gasteiger partial charge in [0.25, 0.3) is 0 Å². The number of hydrogen-bond donors (Lipinski definition) is 3. The number of nitrogens with one attached hydrogen (secondary N) is 1. The van der Waals surface area contributed by atoms with Gasteiger partial charge in [-0.3, -0.25) is 4.57 Å². The van der Waals surface area contributed by atoms with Crippen molar-refractivity contribution >= 4 is 52.8 Å². The first-order valence-electron chi connectivity index (χ1n) is 12.6. The van der Waals surface area contributed by atoms with Crippen LogP contribution in [0.2, 0.25) is 0 Å². The van der Waals surface area contributed by atoms with Crippen LogP contribution in [0.4, 0.5) is 5.82 Å². The van der Waals surface area contributed by atoms with Crippen LogP contribution in [-0.4, -0.2) is 84.0 Å². The molecule has 5 rings (SSSR count). The number of phenols is 1. The number of aromatic amines is 1. The van der Waals surface area contributed by atoms with Gasteiger partial charge in [0.1, 0.15) is 23.7 Å². The van der Waals surface area contributed by atoms with Gasteiger partial charge in [0, 0.05) is 11.8 Å². The van der Waals surface area contributed by atoms with Crippen LogP contribution in [0.25, 0.3) is 23.3 Å². The van der Waals surface area contributed by atoms with E-state index in [9.17, 15) is 14.7 Å². The Bertz CT molecular complexity index is 1600. The number of rotatable bonds is 10. The van der Waals surface area contributed by atoms with Gasteiger partial charge in [0.05, 0.1) is 31.7 Å². The van der Waals surface area contributed by atoms with Crippen molar-refractivity contribution in [2.75, 3.05) is 24.9 Å². The number of aromatic hydroxyl groups is 1. The molecule has 15 heteroatoms. The van der Waals surface area contributed by atoms with E-state index in [-0.39, 0.29) is 17.3 Å². The van der Waals surface area contributed by atoms with E-state index < -0.39 is 36.5 Å². The first-order chi connectivity index (χ1) is 20.4. The molecule has 4 atom stereocenters. The minimum absolute atomic E-state index is 0.0720. The predicted octanol–water partition coefficient (Wildman–Crippen LogP) is 2.32. The third-order valence-corrected chi connectivity index (χ3v) is 6.97. The molecule has 1 aliphatic heterocycles. The molecule has 218 valence electrons. The third-order valence-electron chi connectivity index (χ3n) is 6.30. The van der Waals surface area contributed by atoms with E-state index in [0.717, 1.165) is 0 Å². The van der Waals surface area contributed by atoms with Gasteiger partial charge in [0.2, 0.25) is 5.76 Å². The summed E-state index contributed by atoms with van der Waals surface area (Å²) in [5.41, 5.74) is 7.84. The summed E-state index contributed by atoms with van der Waals surface area (Å²) >= 11 is 1.47. The van der Waals surface area contributed by atoms with E-state index in [1.165, 1.54) is 68.2 Å². The molecule has 2 unspecified atom stereocenters. The molecule has 0 saturated carbocycles. The molecular weight excluding hydrogens is 566 g/mol. The second-order valence-electron chi connectivity index (χ2n) is 9.02. The molecule has 0 amide bonds. The summed E-state index contributed by atoms with van der Waals surface area (Å²) in [6, 6.07) is 6.16. The highest BCUT2D eigenvalue weighted by atomic mass is 32.2. The predicted molar refractivity (Wildman–Crippen MR) is 153 cm³/mol. The highest BCUT2D eigenvalue weighted by Crippen LogP contribution is 2.37. The zero-order valence-corrected chi connectivity index (χ0v) is 23.3. The number of methoxy groups -OCH3 is 1. The van der Waals surface area contributed by atoms with E-state index in [2.05, 4.69) is 24.9 Å². The van der Waals surface area contributed by atoms with Crippen molar-refractivity contribution in [1.82, 2.24) is 29.5 Å². The van der Waals surface area contributed by atoms with Gasteiger partial charge in [-0.15, -0.1) is 0 Å². The van der Waals surface area contributed by atoms with Gasteiger partial charge in [0.15, 0.2) is 29.9 Å². The fourth-order valence-corrected chi connectivity index (χ4v) is 4.95. The fraction of sp³-hybridized carbons (Fsp3) is 0.259. The molecule has 42 heavy (non-hydrogen) atoms. The highest BCUT2D eigenvalue weighted by Gasteiger charge is 2.51. The number of nitrogen functional groups attached to an aromatic ring is 1. The second-order valence-corrected chi connectivity index (χ2v) is 9.93. The molecule has 3 aromatic heterocycles. The number of imidazole rings is 2. The average Bonchev–Trinajstić information content (AvgIpc) is 3.73. The molecule has 14 nitrogen and oxygen atoms in total. The van der Waals surface area contributed by atoms with Crippen molar-refractivity contribution in [2.24, 2.45) is 0 Å². The molecule has 0 radical (unpaired) electrons. The summed E-state index contributed by atoms with van der Waals surface area (Å²) in [6.07, 6.45) is 8.01. The smallest absolute Gasteiger partial charge is 0.374 e. The Balaban J connectivity index is 1.49. The standard InChI is InChI=1S/C27H27N7O7S/c1-38-18(9-15-3-6-17(35)7-4-15)27(37)41-23-22(40-20(36)8-5-16-10-29-12-30-16)19(11-42-2)39-26(23)34-14-33-21-24(28)31-13-32-25(21)34/h3-10,12-14,19,22-23,26,35H,11H2,1-2H3,(H,29,30)(H2,28,31,32)/b8-5+,18-9-/t19-,22?,23?,26-/m1/s1. The number of carbonyl (C=O) groups excluding carboxylic acids is 2. The Labute approximate surface area is 243 Å². The van der Waals surface area contributed by atoms with Gasteiger partial charge < -0.3 is 34.8 Å². The SMILES string of the molecule is CO/C(=C\c1ccc(O)cc1)C(=O)OC1C(OC(=O)/C=C/c2cnc[nH]2)[C@@H](CSC)O[C@H]1n1cnc2c(N)ncnc21. The van der Waals surface area contributed by atoms with Crippen molar-refractivity contribution in [3.63, 3.8) is 0 Å². The number of thioether (sulfide) groups is 1. The van der Waals surface area contributed by atoms with Crippen LogP contribution in [-0.2, 0) is 28.5 Å². The van der Waals surface area contributed by atoms with Crippen LogP contribution in [0, 0.1) is 0 Å². The van der Waals surface area contributed by atoms with Gasteiger partial charge >= 0.3 is 11.9 Å². The van der Waals surface area contributed by atoms with Crippen LogP contribution in [0.1, 0.15) is 17.5 Å². The van der Waals surface area contributed by atoms with E-state index in [1.54, 1.807) is 22.9 Å². The molecule has 1 aliphatic rings. The van der Waals surface area contributed by atoms with Crippen LogP contribution in [0.5, 0.6) is 5.75 Å². The number of carbonyl (C=O) groups is 2. The first kappa shape index (κ1) is 28.6. The number of ether oxygens (including phenoxy) is 4. The van der Waals surface area contributed by atoms with E-state index in [4.69, 9.17) is 24.7 Å². The lowest BCUT2D eigenvalue weighted by molar-refractivity contribution is -0.164. The summed E-state index contributed by atoms with van der Waals surface area (Å²) in [5.74, 6) is -0.990. The Kier molecular flexibility index (Phi) is 8.68. The van der Waals surface area contributed by atoms with Crippen molar-refractivity contribution in [1.29, 1.82) is 0 Å². The Morgan fingerprint density at radius 3 is 2.71 bits per heavy atom. The molecule has 0 aliphatic carbocycles. The monoisotopic (exact) mass is 593 g/mol. The maximum atomic E-state index is 13.4. The zero-order valence-electron chi connectivity index (χ0n) is 22.5. The number of aromatic nitrogens is 6. The molecule has 4 heterocycles. The van der Waals surface area contributed by atoms with Crippen LogP contribution in [0.15, 0.2) is 61.3 Å². The highest BCUT2D eigenvalue weighted by molar-refractivity contribution is 7.98. The van der Waals surface area contributed by atoms with E-state index in [1.807, 2.05) is 6.26 Å². The summed E-state index contributed by atoms with van der Waals surface area (Å²) in [5, 5.41) is 9.59. The number of fused-ring (bicyclic) bond motifs is 1. The number of nitrogens with two attached hydrogens (primary N) is 1. The average molecular weight is 594 g/mol. The largest absolute Gasteiger partial charge is 0.508 e. The first-order valence-corrected chi connectivity index (χ1v) is 14.0. The quantitative estimate of drug-likeness (QED) is 0.138. The van der Waals surface area contributed by atoms with E-state index in [0.29, 0.717) is 28.2 Å². The Hall–Kier alpha value is -4.89. The van der Waals surface area contributed by atoms with Crippen molar-refractivity contribution in [3.8, 4) is 5.75 Å². The molecular formula is C27H27N7O7S. The molecule has 1 saturated heterocycles. The third kappa shape index (κ3) is 6.21. The normalized spacial score (nSPS) is 20.7. The van der Waals surface area contributed by atoms with Gasteiger partial charge in [-0.1, -0.05) is 12.1 Å². The van der Waals surface area contributed by atoms with E-state index >= 15 is 0 Å². The summed E-state index contributed by atoms with van der Waals surface area (Å²) in [7, 11) is 1.33. The minimum Gasteiger partial charge on any atom is -0.508 e. The molecule has 1 fully saturated rings. The minimum atomic E-state index is -1.15. The van der Waals surface area contributed by atoms with Crippen LogP contribution in [0.3, 0.4) is 0 Å². The summed E-state index contributed by atoms with van der Waals surface area (Å²) in [6.45, 7) is 0. The lowest BCUT2D eigenvalue weighted by Crippen LogP contribution is -2.40. The van der Waals surface area contributed by atoms with Crippen LogP contribution < -0.4 is 5.73 Å². The van der Waals surface area contributed by atoms with Gasteiger partial charge in [-0.2, -0.15) is 11.8 Å². The molecule has 4 aromatic rings. The molecule has 0 bridgehead atoms. The molecule has 4 N–H and O–H groups in total. The second kappa shape index (κ2) is 12.7. The maximum absolute atomic E-state index is 13.4. The van der Waals surface area contributed by atoms with Gasteiger partial charge in [-0.05, 0) is 36.1 Å². The van der Waals surface area contributed by atoms with Crippen molar-refractivity contribution < 1.29 is 33.6 Å². The zero-order chi connectivity index (χ0) is 29.6. The van der Waals surface area contributed by atoms with Gasteiger partial charge in [-0.25, -0.2) is 29.5 Å². The number of esters is 2. The van der Waals surface area contributed by atoms with Crippen molar-refractivity contribution in [2.45, 2.75) is 24.5 Å². The maximum Gasteiger partial charge on any atom is 0.374 e. The number of nitrogens with zero attached hydrogens (tertiary/aromatic N) is 5. The number of hydrogen-bond acceptors (Lipinski definition) is 13. The lowest BCUT2D eigenvalue weighted by atomic mass is 10.1. The van der Waals surface area contributed by atoms with Crippen molar-refractivity contribution in [3.05, 3.63) is 72.5 Å². The lowest BCUT2D eigenvalue weighted by Gasteiger charge is -2.24. The molecule has 0 spiro atoms. The molecule has 1 aromatic carbocycles. The number of phenolic OH excluding ortho intramolecular Hbond substituents is 1. The fourth-order valence-electron chi connectivity index (χ4n) is 4.35. The number of anilines is 1. The van der Waals surface area contributed by atoms with Crippen LogP contribution >= 0.6 is 11.8 Å². The Morgan fingerprint density at radius 2 is 2.00 bits per heavy atom. The summed E-state index contributed by atoms with van der Waals surface area (Å²) in [4.78, 5) is 45.7. The topological polar surface area (TPSA) is 190 Å².